The minimum Gasteiger partial charge on any atom is -0.349 e. The fourth-order valence-electron chi connectivity index (χ4n) is 2.26. The standard InChI is InChI=1S/C13H16BrClN2O3S/c1-7(8-3-2-4-8)17-13(18)9-5-12(21(16,19)20)10(14)6-11(9)15/h5-8H,2-4H2,1H3,(H,17,18)(H2,16,19,20). The number of sulfonamides is 1. The maximum Gasteiger partial charge on any atom is 0.253 e. The van der Waals surface area contributed by atoms with Crippen molar-refractivity contribution in [2.75, 3.05) is 0 Å². The molecular formula is C13H16BrClN2O3S. The van der Waals surface area contributed by atoms with Crippen LogP contribution in [0.15, 0.2) is 21.5 Å². The summed E-state index contributed by atoms with van der Waals surface area (Å²) in [7, 11) is -3.93. The van der Waals surface area contributed by atoms with Crippen LogP contribution in [0.25, 0.3) is 0 Å². The van der Waals surface area contributed by atoms with Crippen LogP contribution in [-0.4, -0.2) is 20.4 Å². The molecule has 116 valence electrons. The lowest BCUT2D eigenvalue weighted by Gasteiger charge is -2.32. The van der Waals surface area contributed by atoms with Gasteiger partial charge in [0.25, 0.3) is 5.91 Å². The Bertz CT molecular complexity index is 674. The number of rotatable bonds is 4. The number of carbonyl (C=O) groups excluding carboxylic acids is 1. The molecule has 8 heteroatoms. The van der Waals surface area contributed by atoms with Crippen molar-refractivity contribution in [3.8, 4) is 0 Å². The van der Waals surface area contributed by atoms with Gasteiger partial charge < -0.3 is 5.32 Å². The van der Waals surface area contributed by atoms with E-state index < -0.39 is 15.9 Å². The van der Waals surface area contributed by atoms with E-state index in [-0.39, 0.29) is 26.0 Å². The van der Waals surface area contributed by atoms with E-state index in [0.29, 0.717) is 5.92 Å². The van der Waals surface area contributed by atoms with E-state index in [9.17, 15) is 13.2 Å². The van der Waals surface area contributed by atoms with Gasteiger partial charge in [-0.1, -0.05) is 18.0 Å². The van der Waals surface area contributed by atoms with Crippen molar-refractivity contribution in [3.05, 3.63) is 27.2 Å². The van der Waals surface area contributed by atoms with Crippen LogP contribution >= 0.6 is 27.5 Å². The van der Waals surface area contributed by atoms with E-state index >= 15 is 0 Å². The highest BCUT2D eigenvalue weighted by Gasteiger charge is 2.26. The molecule has 3 N–H and O–H groups in total. The number of hydrogen-bond acceptors (Lipinski definition) is 3. The minimum absolute atomic E-state index is 0.0314. The van der Waals surface area contributed by atoms with Crippen molar-refractivity contribution in [1.29, 1.82) is 0 Å². The van der Waals surface area contributed by atoms with Gasteiger partial charge in [-0.2, -0.15) is 0 Å². The largest absolute Gasteiger partial charge is 0.349 e. The van der Waals surface area contributed by atoms with Gasteiger partial charge in [-0.3, -0.25) is 4.79 Å². The van der Waals surface area contributed by atoms with E-state index in [1.165, 1.54) is 18.6 Å². The molecule has 1 amide bonds. The monoisotopic (exact) mass is 394 g/mol. The highest BCUT2D eigenvalue weighted by atomic mass is 79.9. The number of carbonyl (C=O) groups is 1. The van der Waals surface area contributed by atoms with Crippen molar-refractivity contribution < 1.29 is 13.2 Å². The topological polar surface area (TPSA) is 89.3 Å². The lowest BCUT2D eigenvalue weighted by molar-refractivity contribution is 0.0909. The van der Waals surface area contributed by atoms with Gasteiger partial charge in [0, 0.05) is 10.5 Å². The predicted octanol–water partition coefficient (Wildman–Crippen LogP) is 2.67. The summed E-state index contributed by atoms with van der Waals surface area (Å²) in [6.07, 6.45) is 3.37. The molecule has 1 atom stereocenters. The lowest BCUT2D eigenvalue weighted by atomic mass is 9.80. The van der Waals surface area contributed by atoms with Crippen LogP contribution in [0.1, 0.15) is 36.5 Å². The molecule has 1 aliphatic rings. The molecule has 1 unspecified atom stereocenters. The van der Waals surface area contributed by atoms with E-state index in [2.05, 4.69) is 21.2 Å². The molecule has 1 saturated carbocycles. The highest BCUT2D eigenvalue weighted by molar-refractivity contribution is 9.10. The van der Waals surface area contributed by atoms with Crippen molar-refractivity contribution in [2.24, 2.45) is 11.1 Å². The highest BCUT2D eigenvalue weighted by Crippen LogP contribution is 2.31. The first-order chi connectivity index (χ1) is 9.70. The summed E-state index contributed by atoms with van der Waals surface area (Å²) in [5.74, 6) is 0.0812. The van der Waals surface area contributed by atoms with Crippen molar-refractivity contribution in [1.82, 2.24) is 5.32 Å². The average molecular weight is 396 g/mol. The van der Waals surface area contributed by atoms with Gasteiger partial charge in [0.15, 0.2) is 0 Å². The Morgan fingerprint density at radius 1 is 1.48 bits per heavy atom. The van der Waals surface area contributed by atoms with Crippen LogP contribution in [0.5, 0.6) is 0 Å². The van der Waals surface area contributed by atoms with Gasteiger partial charge in [-0.05, 0) is 53.7 Å². The molecule has 2 rings (SSSR count). The first-order valence-corrected chi connectivity index (χ1v) is 9.24. The van der Waals surface area contributed by atoms with Crippen LogP contribution in [0, 0.1) is 5.92 Å². The molecule has 1 aromatic carbocycles. The summed E-state index contributed by atoms with van der Waals surface area (Å²) in [5, 5.41) is 8.16. The average Bonchev–Trinajstić information content (AvgIpc) is 2.23. The maximum absolute atomic E-state index is 12.3. The number of amides is 1. The quantitative estimate of drug-likeness (QED) is 0.821. The summed E-state index contributed by atoms with van der Waals surface area (Å²) >= 11 is 9.12. The molecule has 0 aliphatic heterocycles. The van der Waals surface area contributed by atoms with Crippen molar-refractivity contribution in [3.63, 3.8) is 0 Å². The van der Waals surface area contributed by atoms with E-state index in [1.807, 2.05) is 6.92 Å². The summed E-state index contributed by atoms with van der Waals surface area (Å²) in [6, 6.07) is 2.60. The van der Waals surface area contributed by atoms with Crippen LogP contribution in [0.2, 0.25) is 5.02 Å². The normalized spacial score (nSPS) is 17.1. The van der Waals surface area contributed by atoms with Crippen LogP contribution in [0.4, 0.5) is 0 Å². The molecule has 0 bridgehead atoms. The molecule has 1 aliphatic carbocycles. The van der Waals surface area contributed by atoms with Gasteiger partial charge in [0.05, 0.1) is 15.5 Å². The van der Waals surface area contributed by atoms with Gasteiger partial charge in [0.2, 0.25) is 10.0 Å². The molecule has 1 fully saturated rings. The second-order valence-corrected chi connectivity index (χ2v) is 8.05. The Kier molecular flexibility index (Phi) is 4.97. The third-order valence-corrected chi connectivity index (χ3v) is 5.97. The molecule has 0 spiro atoms. The summed E-state index contributed by atoms with van der Waals surface area (Å²) in [4.78, 5) is 12.1. The van der Waals surface area contributed by atoms with Gasteiger partial charge >= 0.3 is 0 Å². The molecule has 0 heterocycles. The molecule has 0 saturated heterocycles. The minimum atomic E-state index is -3.93. The zero-order chi connectivity index (χ0) is 15.8. The Hall–Kier alpha value is -0.630. The third kappa shape index (κ3) is 3.77. The number of nitrogens with two attached hydrogens (primary N) is 1. The molecule has 1 aromatic rings. The number of nitrogens with one attached hydrogen (secondary N) is 1. The van der Waals surface area contributed by atoms with Crippen molar-refractivity contribution in [2.45, 2.75) is 37.1 Å². The number of halogens is 2. The molecule has 5 nitrogen and oxygen atoms in total. The first kappa shape index (κ1) is 16.7. The predicted molar refractivity (Wildman–Crippen MR) is 84.8 cm³/mol. The Morgan fingerprint density at radius 2 is 2.10 bits per heavy atom. The Balaban J connectivity index is 2.28. The number of primary sulfonamides is 1. The number of benzene rings is 1. The SMILES string of the molecule is CC(NC(=O)c1cc(S(N)(=O)=O)c(Br)cc1Cl)C1CCC1. The van der Waals surface area contributed by atoms with E-state index in [0.717, 1.165) is 12.8 Å². The smallest absolute Gasteiger partial charge is 0.253 e. The van der Waals surface area contributed by atoms with Crippen LogP contribution < -0.4 is 10.5 Å². The fourth-order valence-corrected chi connectivity index (χ4v) is 4.28. The van der Waals surface area contributed by atoms with E-state index in [1.54, 1.807) is 0 Å². The van der Waals surface area contributed by atoms with Gasteiger partial charge in [0.1, 0.15) is 0 Å². The summed E-state index contributed by atoms with van der Waals surface area (Å²) < 4.78 is 23.2. The zero-order valence-corrected chi connectivity index (χ0v) is 14.6. The molecular weight excluding hydrogens is 380 g/mol. The lowest BCUT2D eigenvalue weighted by Crippen LogP contribution is -2.40. The number of hydrogen-bond donors (Lipinski definition) is 2. The van der Waals surface area contributed by atoms with Crippen molar-refractivity contribution >= 4 is 43.5 Å². The van der Waals surface area contributed by atoms with Gasteiger partial charge in [-0.15, -0.1) is 0 Å². The first-order valence-electron chi connectivity index (χ1n) is 6.53. The van der Waals surface area contributed by atoms with Gasteiger partial charge in [-0.25, -0.2) is 13.6 Å². The Morgan fingerprint density at radius 3 is 2.57 bits per heavy atom. The third-order valence-electron chi connectivity index (χ3n) is 3.79. The molecule has 0 aromatic heterocycles. The molecule has 0 radical (unpaired) electrons. The van der Waals surface area contributed by atoms with Crippen LogP contribution in [-0.2, 0) is 10.0 Å². The Labute approximate surface area is 137 Å². The summed E-state index contributed by atoms with van der Waals surface area (Å²) in [6.45, 7) is 1.94. The zero-order valence-electron chi connectivity index (χ0n) is 11.4. The maximum atomic E-state index is 12.3. The molecule has 21 heavy (non-hydrogen) atoms. The second kappa shape index (κ2) is 6.24. The fraction of sp³-hybridized carbons (Fsp3) is 0.462. The van der Waals surface area contributed by atoms with E-state index in [4.69, 9.17) is 16.7 Å². The summed E-state index contributed by atoms with van der Waals surface area (Å²) in [5.41, 5.74) is 0.107. The second-order valence-electron chi connectivity index (χ2n) is 5.26. The van der Waals surface area contributed by atoms with Crippen LogP contribution in [0.3, 0.4) is 0 Å².